The summed E-state index contributed by atoms with van der Waals surface area (Å²) < 4.78 is 5.59. The monoisotopic (exact) mass is 261 g/mol. The van der Waals surface area contributed by atoms with Crippen LogP contribution < -0.4 is 0 Å². The molecule has 1 aliphatic rings. The summed E-state index contributed by atoms with van der Waals surface area (Å²) in [7, 11) is 0. The van der Waals surface area contributed by atoms with Crippen molar-refractivity contribution in [3.05, 3.63) is 0 Å². The highest BCUT2D eigenvalue weighted by Gasteiger charge is 2.22. The van der Waals surface area contributed by atoms with Gasteiger partial charge in [-0.05, 0) is 39.3 Å². The predicted molar refractivity (Wildman–Crippen MR) is 72.4 cm³/mol. The van der Waals surface area contributed by atoms with Crippen LogP contribution in [0.25, 0.3) is 0 Å². The van der Waals surface area contributed by atoms with Gasteiger partial charge in [0.1, 0.15) is 5.60 Å². The lowest BCUT2D eigenvalue weighted by atomic mass is 10.1. The molecular formula is C13H24ClNO2. The molecule has 1 heterocycles. The first-order valence-electron chi connectivity index (χ1n) is 6.12. The van der Waals surface area contributed by atoms with Crippen molar-refractivity contribution in [2.45, 2.75) is 44.8 Å². The molecule has 3 nitrogen and oxygen atoms in total. The van der Waals surface area contributed by atoms with E-state index in [1.165, 1.54) is 12.8 Å². The minimum Gasteiger partial charge on any atom is -0.389 e. The fraction of sp³-hybridized carbons (Fsp3) is 0.846. The highest BCUT2D eigenvalue weighted by atomic mass is 35.5. The normalized spacial score (nSPS) is 21.3. The minimum atomic E-state index is -0.536. The Hall–Kier alpha value is -0.270. The van der Waals surface area contributed by atoms with E-state index in [9.17, 15) is 5.11 Å². The first-order chi connectivity index (χ1) is 7.59. The Bertz CT molecular complexity index is 248. The average molecular weight is 262 g/mol. The fourth-order valence-electron chi connectivity index (χ4n) is 1.84. The molecule has 1 aliphatic heterocycles. The number of nitrogens with zero attached hydrogens (tertiary/aromatic N) is 1. The zero-order valence-electron chi connectivity index (χ0n) is 10.8. The number of β-amino-alcohol motifs (C(OH)–C–C–N with tert-alkyl or cyclic N) is 1. The number of ether oxygens (including phenoxy) is 1. The Morgan fingerprint density at radius 1 is 1.47 bits per heavy atom. The fourth-order valence-corrected chi connectivity index (χ4v) is 1.84. The summed E-state index contributed by atoms with van der Waals surface area (Å²) in [5.41, 5.74) is -0.536. The van der Waals surface area contributed by atoms with Crippen molar-refractivity contribution >= 4 is 12.4 Å². The number of hydrogen-bond donors (Lipinski definition) is 1. The smallest absolute Gasteiger partial charge is 0.125 e. The molecule has 0 bridgehead atoms. The van der Waals surface area contributed by atoms with Crippen LogP contribution in [-0.4, -0.2) is 48.0 Å². The van der Waals surface area contributed by atoms with Crippen molar-refractivity contribution < 1.29 is 9.84 Å². The van der Waals surface area contributed by atoms with Gasteiger partial charge in [-0.25, -0.2) is 0 Å². The number of aliphatic hydroxyl groups excluding tert-OH is 1. The molecule has 100 valence electrons. The summed E-state index contributed by atoms with van der Waals surface area (Å²) in [4.78, 5) is 2.27. The number of terminal acetylenes is 1. The number of rotatable bonds is 6. The molecule has 0 aromatic rings. The van der Waals surface area contributed by atoms with E-state index < -0.39 is 11.7 Å². The number of aliphatic hydroxyl groups is 1. The van der Waals surface area contributed by atoms with Gasteiger partial charge in [-0.1, -0.05) is 12.8 Å². The molecule has 1 fully saturated rings. The highest BCUT2D eigenvalue weighted by molar-refractivity contribution is 5.85. The van der Waals surface area contributed by atoms with Gasteiger partial charge in [0.05, 0.1) is 12.7 Å². The molecule has 1 N–H and O–H groups in total. The van der Waals surface area contributed by atoms with Crippen LogP contribution in [0.15, 0.2) is 0 Å². The molecule has 0 aromatic carbocycles. The first kappa shape index (κ1) is 16.7. The van der Waals surface area contributed by atoms with E-state index in [2.05, 4.69) is 10.8 Å². The summed E-state index contributed by atoms with van der Waals surface area (Å²) in [5, 5.41) is 9.83. The SMILES string of the molecule is C#CC(C)(CC)OCC(O)CN1CCCC1.Cl. The average Bonchev–Trinajstić information content (AvgIpc) is 2.79. The second kappa shape index (κ2) is 7.94. The van der Waals surface area contributed by atoms with Gasteiger partial charge in [-0.15, -0.1) is 18.8 Å². The topological polar surface area (TPSA) is 32.7 Å². The van der Waals surface area contributed by atoms with Crippen LogP contribution in [0.5, 0.6) is 0 Å². The molecule has 0 spiro atoms. The Morgan fingerprint density at radius 2 is 2.06 bits per heavy atom. The quantitative estimate of drug-likeness (QED) is 0.739. The first-order valence-corrected chi connectivity index (χ1v) is 6.12. The zero-order chi connectivity index (χ0) is 12.0. The summed E-state index contributed by atoms with van der Waals surface area (Å²) >= 11 is 0. The van der Waals surface area contributed by atoms with Crippen molar-refractivity contribution in [3.63, 3.8) is 0 Å². The van der Waals surface area contributed by atoms with Crippen molar-refractivity contribution in [1.82, 2.24) is 4.90 Å². The molecule has 0 radical (unpaired) electrons. The van der Waals surface area contributed by atoms with Crippen LogP contribution in [0, 0.1) is 12.3 Å². The molecule has 0 saturated carbocycles. The van der Waals surface area contributed by atoms with E-state index >= 15 is 0 Å². The van der Waals surface area contributed by atoms with Crippen LogP contribution in [0.1, 0.15) is 33.1 Å². The second-order valence-corrected chi connectivity index (χ2v) is 4.70. The molecule has 0 amide bonds. The third-order valence-corrected chi connectivity index (χ3v) is 3.24. The van der Waals surface area contributed by atoms with Crippen molar-refractivity contribution in [2.75, 3.05) is 26.2 Å². The summed E-state index contributed by atoms with van der Waals surface area (Å²) in [6, 6.07) is 0. The standard InChI is InChI=1S/C13H23NO2.ClH/c1-4-13(3,5-2)16-11-12(15)10-14-8-6-7-9-14;/h1,12,15H,5-11H2,2-3H3;1H. The lowest BCUT2D eigenvalue weighted by molar-refractivity contribution is -0.0455. The van der Waals surface area contributed by atoms with E-state index in [4.69, 9.17) is 11.2 Å². The van der Waals surface area contributed by atoms with Gasteiger partial charge in [0.15, 0.2) is 0 Å². The molecular weight excluding hydrogens is 238 g/mol. The molecule has 0 aliphatic carbocycles. The van der Waals surface area contributed by atoms with E-state index in [0.29, 0.717) is 13.2 Å². The molecule has 17 heavy (non-hydrogen) atoms. The number of likely N-dealkylation sites (tertiary alicyclic amines) is 1. The molecule has 1 saturated heterocycles. The van der Waals surface area contributed by atoms with Gasteiger partial charge in [0, 0.05) is 6.54 Å². The van der Waals surface area contributed by atoms with Gasteiger partial charge in [-0.2, -0.15) is 0 Å². The maximum atomic E-state index is 9.83. The van der Waals surface area contributed by atoms with Crippen molar-refractivity contribution in [2.24, 2.45) is 0 Å². The van der Waals surface area contributed by atoms with Gasteiger partial charge in [0.25, 0.3) is 0 Å². The largest absolute Gasteiger partial charge is 0.389 e. The minimum absolute atomic E-state index is 0. The maximum Gasteiger partial charge on any atom is 0.125 e. The molecule has 0 aromatic heterocycles. The van der Waals surface area contributed by atoms with Gasteiger partial charge in [-0.3, -0.25) is 0 Å². The van der Waals surface area contributed by atoms with Gasteiger partial charge >= 0.3 is 0 Å². The third kappa shape index (κ3) is 5.74. The summed E-state index contributed by atoms with van der Waals surface area (Å²) in [5.74, 6) is 2.63. The van der Waals surface area contributed by atoms with Crippen LogP contribution in [0.4, 0.5) is 0 Å². The van der Waals surface area contributed by atoms with Gasteiger partial charge < -0.3 is 14.7 Å². The Morgan fingerprint density at radius 3 is 2.53 bits per heavy atom. The molecule has 4 heteroatoms. The third-order valence-electron chi connectivity index (χ3n) is 3.24. The summed E-state index contributed by atoms with van der Waals surface area (Å²) in [6.07, 6.45) is 8.21. The van der Waals surface area contributed by atoms with E-state index in [1.54, 1.807) is 0 Å². The van der Waals surface area contributed by atoms with Crippen molar-refractivity contribution in [1.29, 1.82) is 0 Å². The number of halogens is 1. The van der Waals surface area contributed by atoms with Crippen LogP contribution in [0.2, 0.25) is 0 Å². The van der Waals surface area contributed by atoms with E-state index in [0.717, 1.165) is 19.5 Å². The Labute approximate surface area is 111 Å². The molecule has 2 atom stereocenters. The predicted octanol–water partition coefficient (Wildman–Crippen LogP) is 1.68. The van der Waals surface area contributed by atoms with Crippen LogP contribution in [-0.2, 0) is 4.74 Å². The van der Waals surface area contributed by atoms with Crippen molar-refractivity contribution in [3.8, 4) is 12.3 Å². The van der Waals surface area contributed by atoms with Crippen LogP contribution in [0.3, 0.4) is 0 Å². The molecule has 2 unspecified atom stereocenters. The lowest BCUT2D eigenvalue weighted by Gasteiger charge is -2.26. The maximum absolute atomic E-state index is 9.83. The zero-order valence-corrected chi connectivity index (χ0v) is 11.6. The Balaban J connectivity index is 0.00000256. The van der Waals surface area contributed by atoms with E-state index in [1.807, 2.05) is 13.8 Å². The number of hydrogen-bond acceptors (Lipinski definition) is 3. The lowest BCUT2D eigenvalue weighted by Crippen LogP contribution is -2.36. The van der Waals surface area contributed by atoms with E-state index in [-0.39, 0.29) is 12.4 Å². The Kier molecular flexibility index (Phi) is 7.82. The molecule has 1 rings (SSSR count). The highest BCUT2D eigenvalue weighted by Crippen LogP contribution is 2.14. The summed E-state index contributed by atoms with van der Waals surface area (Å²) in [6.45, 7) is 7.09. The second-order valence-electron chi connectivity index (χ2n) is 4.70. The van der Waals surface area contributed by atoms with Crippen LogP contribution >= 0.6 is 12.4 Å². The van der Waals surface area contributed by atoms with Gasteiger partial charge in [0.2, 0.25) is 0 Å².